The Morgan fingerprint density at radius 3 is 2.70 bits per heavy atom. The number of amides is 1. The van der Waals surface area contributed by atoms with Crippen LogP contribution in [0.1, 0.15) is 34.5 Å². The van der Waals surface area contributed by atoms with Gasteiger partial charge in [-0.05, 0) is 24.5 Å². The van der Waals surface area contributed by atoms with E-state index in [1.54, 1.807) is 13.2 Å². The summed E-state index contributed by atoms with van der Waals surface area (Å²) < 4.78 is 10.4. The predicted molar refractivity (Wildman–Crippen MR) is 88.9 cm³/mol. The molecule has 0 aliphatic heterocycles. The van der Waals surface area contributed by atoms with Crippen LogP contribution in [0.3, 0.4) is 0 Å². The van der Waals surface area contributed by atoms with Crippen LogP contribution in [0.15, 0.2) is 47.1 Å². The van der Waals surface area contributed by atoms with Crippen molar-refractivity contribution in [3.63, 3.8) is 0 Å². The summed E-state index contributed by atoms with van der Waals surface area (Å²) in [6.07, 6.45) is 3.31. The van der Waals surface area contributed by atoms with Crippen LogP contribution in [0.2, 0.25) is 0 Å². The van der Waals surface area contributed by atoms with Gasteiger partial charge in [0, 0.05) is 26.8 Å². The second-order valence-corrected chi connectivity index (χ2v) is 5.42. The first-order chi connectivity index (χ1) is 11.2. The third-order valence-electron chi connectivity index (χ3n) is 3.63. The molecule has 2 aromatic rings. The van der Waals surface area contributed by atoms with E-state index >= 15 is 0 Å². The maximum Gasteiger partial charge on any atom is 0.257 e. The molecule has 0 fully saturated rings. The molecule has 0 saturated carbocycles. The first kappa shape index (κ1) is 17.2. The Bertz CT molecular complexity index is 595. The minimum absolute atomic E-state index is 0.0327. The molecule has 5 heteroatoms. The summed E-state index contributed by atoms with van der Waals surface area (Å²) in [4.78, 5) is 14.6. The van der Waals surface area contributed by atoms with E-state index in [-0.39, 0.29) is 5.91 Å². The summed E-state index contributed by atoms with van der Waals surface area (Å²) in [7, 11) is 1.69. The first-order valence-corrected chi connectivity index (χ1v) is 7.84. The van der Waals surface area contributed by atoms with Gasteiger partial charge in [-0.1, -0.05) is 30.3 Å². The maximum absolute atomic E-state index is 12.7. The van der Waals surface area contributed by atoms with Crippen molar-refractivity contribution in [3.05, 3.63) is 59.5 Å². The molecule has 0 bridgehead atoms. The third kappa shape index (κ3) is 5.23. The first-order valence-electron chi connectivity index (χ1n) is 7.84. The zero-order valence-electron chi connectivity index (χ0n) is 13.5. The Balaban J connectivity index is 2.06. The zero-order chi connectivity index (χ0) is 16.5. The molecule has 0 radical (unpaired) electrons. The fourth-order valence-electron chi connectivity index (χ4n) is 2.39. The lowest BCUT2D eigenvalue weighted by molar-refractivity contribution is 0.0734. The van der Waals surface area contributed by atoms with Gasteiger partial charge in [0.15, 0.2) is 0 Å². The summed E-state index contributed by atoms with van der Waals surface area (Å²) in [5.74, 6) is 0.585. The Morgan fingerprint density at radius 1 is 1.26 bits per heavy atom. The number of nitrogens with zero attached hydrogens (tertiary/aromatic N) is 1. The number of rotatable bonds is 9. The number of hydrogen-bond donors (Lipinski definition) is 1. The Morgan fingerprint density at radius 2 is 2.04 bits per heavy atom. The highest BCUT2D eigenvalue weighted by molar-refractivity contribution is 5.94. The minimum atomic E-state index is -0.0327. The van der Waals surface area contributed by atoms with Gasteiger partial charge >= 0.3 is 0 Å². The van der Waals surface area contributed by atoms with Crippen molar-refractivity contribution in [2.24, 2.45) is 5.73 Å². The standard InChI is InChI=1S/C18H24N2O3/c1-22-10-6-5-9-20(13-15-7-3-2-4-8-15)18(21)16-11-17(12-19)23-14-16/h2-4,7-8,11,14H,5-6,9-10,12-13,19H2,1H3. The molecule has 124 valence electrons. The topological polar surface area (TPSA) is 68.7 Å². The lowest BCUT2D eigenvalue weighted by atomic mass is 10.1. The SMILES string of the molecule is COCCCCN(Cc1ccccc1)C(=O)c1coc(CN)c1. The number of ether oxygens (including phenoxy) is 1. The van der Waals surface area contributed by atoms with Gasteiger partial charge in [0.1, 0.15) is 12.0 Å². The van der Waals surface area contributed by atoms with Crippen LogP contribution in [0, 0.1) is 0 Å². The van der Waals surface area contributed by atoms with E-state index in [2.05, 4.69) is 0 Å². The number of benzene rings is 1. The quantitative estimate of drug-likeness (QED) is 0.722. The lowest BCUT2D eigenvalue weighted by Gasteiger charge is -2.22. The van der Waals surface area contributed by atoms with Crippen LogP contribution in [0.25, 0.3) is 0 Å². The molecule has 1 heterocycles. The van der Waals surface area contributed by atoms with Crippen LogP contribution >= 0.6 is 0 Å². The van der Waals surface area contributed by atoms with Crippen LogP contribution in [-0.2, 0) is 17.8 Å². The molecule has 1 aromatic heterocycles. The fourth-order valence-corrected chi connectivity index (χ4v) is 2.39. The summed E-state index contributed by atoms with van der Waals surface area (Å²) >= 11 is 0. The number of carbonyl (C=O) groups is 1. The molecule has 5 nitrogen and oxygen atoms in total. The average Bonchev–Trinajstić information content (AvgIpc) is 3.07. The average molecular weight is 316 g/mol. The normalized spacial score (nSPS) is 10.7. The molecule has 1 aromatic carbocycles. The summed E-state index contributed by atoms with van der Waals surface area (Å²) in [6, 6.07) is 11.7. The highest BCUT2D eigenvalue weighted by Gasteiger charge is 2.18. The van der Waals surface area contributed by atoms with Gasteiger partial charge in [0.25, 0.3) is 5.91 Å². The Labute approximate surface area is 137 Å². The van der Waals surface area contributed by atoms with Gasteiger partial charge in [-0.2, -0.15) is 0 Å². The monoisotopic (exact) mass is 316 g/mol. The largest absolute Gasteiger partial charge is 0.467 e. The number of nitrogens with two attached hydrogens (primary N) is 1. The van der Waals surface area contributed by atoms with Crippen molar-refractivity contribution in [1.29, 1.82) is 0 Å². The molecule has 2 rings (SSSR count). The number of methoxy groups -OCH3 is 1. The van der Waals surface area contributed by atoms with E-state index in [0.29, 0.717) is 37.6 Å². The summed E-state index contributed by atoms with van der Waals surface area (Å²) in [6.45, 7) is 2.26. The molecule has 23 heavy (non-hydrogen) atoms. The van der Waals surface area contributed by atoms with Gasteiger partial charge in [0.05, 0.1) is 12.1 Å². The minimum Gasteiger partial charge on any atom is -0.467 e. The molecule has 0 atom stereocenters. The van der Waals surface area contributed by atoms with Crippen molar-refractivity contribution in [2.75, 3.05) is 20.3 Å². The van der Waals surface area contributed by atoms with E-state index in [1.807, 2.05) is 35.2 Å². The van der Waals surface area contributed by atoms with Gasteiger partial charge in [-0.3, -0.25) is 4.79 Å². The predicted octanol–water partition coefficient (Wildman–Crippen LogP) is 2.81. The van der Waals surface area contributed by atoms with Crippen LogP contribution in [0.5, 0.6) is 0 Å². The molecule has 0 unspecified atom stereocenters. The van der Waals surface area contributed by atoms with Gasteiger partial charge in [-0.25, -0.2) is 0 Å². The molecule has 0 aliphatic carbocycles. The van der Waals surface area contributed by atoms with Gasteiger partial charge < -0.3 is 19.8 Å². The second-order valence-electron chi connectivity index (χ2n) is 5.42. The second kappa shape index (κ2) is 9.12. The highest BCUT2D eigenvalue weighted by Crippen LogP contribution is 2.14. The molecule has 0 aliphatic rings. The zero-order valence-corrected chi connectivity index (χ0v) is 13.5. The highest BCUT2D eigenvalue weighted by atomic mass is 16.5. The van der Waals surface area contributed by atoms with E-state index in [0.717, 1.165) is 18.4 Å². The molecule has 1 amide bonds. The van der Waals surface area contributed by atoms with Gasteiger partial charge in [0.2, 0.25) is 0 Å². The third-order valence-corrected chi connectivity index (χ3v) is 3.63. The van der Waals surface area contributed by atoms with Crippen molar-refractivity contribution in [3.8, 4) is 0 Å². The number of furan rings is 1. The van der Waals surface area contributed by atoms with E-state index < -0.39 is 0 Å². The van der Waals surface area contributed by atoms with Crippen molar-refractivity contribution in [2.45, 2.75) is 25.9 Å². The van der Waals surface area contributed by atoms with E-state index in [9.17, 15) is 4.79 Å². The van der Waals surface area contributed by atoms with Gasteiger partial charge in [-0.15, -0.1) is 0 Å². The summed E-state index contributed by atoms with van der Waals surface area (Å²) in [5.41, 5.74) is 7.20. The number of unbranched alkanes of at least 4 members (excludes halogenated alkanes) is 1. The lowest BCUT2D eigenvalue weighted by Crippen LogP contribution is -2.31. The Hall–Kier alpha value is -2.11. The van der Waals surface area contributed by atoms with Crippen LogP contribution < -0.4 is 5.73 Å². The smallest absolute Gasteiger partial charge is 0.257 e. The molecule has 0 saturated heterocycles. The van der Waals surface area contributed by atoms with Crippen molar-refractivity contribution >= 4 is 5.91 Å². The van der Waals surface area contributed by atoms with E-state index in [1.165, 1.54) is 6.26 Å². The summed E-state index contributed by atoms with van der Waals surface area (Å²) in [5, 5.41) is 0. The number of hydrogen-bond acceptors (Lipinski definition) is 4. The maximum atomic E-state index is 12.7. The van der Waals surface area contributed by atoms with Crippen molar-refractivity contribution < 1.29 is 13.9 Å². The van der Waals surface area contributed by atoms with E-state index in [4.69, 9.17) is 14.9 Å². The van der Waals surface area contributed by atoms with Crippen molar-refractivity contribution in [1.82, 2.24) is 4.90 Å². The number of carbonyl (C=O) groups excluding carboxylic acids is 1. The molecule has 0 spiro atoms. The molecular weight excluding hydrogens is 292 g/mol. The van der Waals surface area contributed by atoms with Crippen LogP contribution in [-0.4, -0.2) is 31.1 Å². The fraction of sp³-hybridized carbons (Fsp3) is 0.389. The van der Waals surface area contributed by atoms with Crippen LogP contribution in [0.4, 0.5) is 0 Å². The molecular formula is C18H24N2O3. The molecule has 2 N–H and O–H groups in total. The Kier molecular flexibility index (Phi) is 6.84.